The van der Waals surface area contributed by atoms with Gasteiger partial charge in [0.2, 0.25) is 5.89 Å². The van der Waals surface area contributed by atoms with Crippen LogP contribution in [0.4, 0.5) is 0 Å². The summed E-state index contributed by atoms with van der Waals surface area (Å²) in [5.41, 5.74) is 5.00. The monoisotopic (exact) mass is 401 g/mol. The van der Waals surface area contributed by atoms with E-state index in [9.17, 15) is 0 Å². The molecule has 0 unspecified atom stereocenters. The second-order valence-electron chi connectivity index (χ2n) is 8.71. The third-order valence-corrected chi connectivity index (χ3v) is 6.78. The van der Waals surface area contributed by atoms with E-state index in [-0.39, 0.29) is 0 Å². The number of ether oxygens (including phenoxy) is 1. The molecule has 3 heterocycles. The molecule has 0 atom stereocenters. The minimum atomic E-state index is 0.482. The van der Waals surface area contributed by atoms with Gasteiger partial charge in [-0.25, -0.2) is 9.97 Å². The number of imidazole rings is 1. The van der Waals surface area contributed by atoms with Crippen molar-refractivity contribution in [2.75, 3.05) is 13.2 Å². The fraction of sp³-hybridized carbons (Fsp3) is 0.440. The average molecular weight is 402 g/mol. The minimum absolute atomic E-state index is 0.482. The molecule has 30 heavy (non-hydrogen) atoms. The first kappa shape index (κ1) is 18.1. The lowest BCUT2D eigenvalue weighted by atomic mass is 9.88. The summed E-state index contributed by atoms with van der Waals surface area (Å²) in [5, 5.41) is 0. The van der Waals surface area contributed by atoms with Crippen LogP contribution in [0.3, 0.4) is 0 Å². The summed E-state index contributed by atoms with van der Waals surface area (Å²) in [6, 6.07) is 14.9. The van der Waals surface area contributed by atoms with Gasteiger partial charge in [0.25, 0.3) is 0 Å². The highest BCUT2D eigenvalue weighted by Gasteiger charge is 2.27. The highest BCUT2D eigenvalue weighted by Crippen LogP contribution is 2.38. The van der Waals surface area contributed by atoms with Crippen LogP contribution in [0.15, 0.2) is 46.9 Å². The van der Waals surface area contributed by atoms with E-state index in [1.54, 1.807) is 0 Å². The maximum Gasteiger partial charge on any atom is 0.227 e. The minimum Gasteiger partial charge on any atom is -0.436 e. The van der Waals surface area contributed by atoms with Gasteiger partial charge in [-0.05, 0) is 56.0 Å². The Morgan fingerprint density at radius 1 is 0.833 bits per heavy atom. The summed E-state index contributed by atoms with van der Waals surface area (Å²) in [7, 11) is 0. The molecule has 0 amide bonds. The molecule has 2 aliphatic rings. The molecule has 0 N–H and O–H groups in total. The third kappa shape index (κ3) is 3.12. The zero-order valence-corrected chi connectivity index (χ0v) is 17.2. The molecule has 5 nitrogen and oxygen atoms in total. The van der Waals surface area contributed by atoms with E-state index < -0.39 is 0 Å². The lowest BCUT2D eigenvalue weighted by Gasteiger charge is -2.29. The van der Waals surface area contributed by atoms with Crippen LogP contribution in [0, 0.1) is 0 Å². The van der Waals surface area contributed by atoms with Crippen molar-refractivity contribution in [3.63, 3.8) is 0 Å². The normalized spacial score (nSPS) is 19.1. The number of hydrogen-bond donors (Lipinski definition) is 0. The van der Waals surface area contributed by atoms with E-state index >= 15 is 0 Å². The number of nitrogens with zero attached hydrogens (tertiary/aromatic N) is 3. The Bertz CT molecular complexity index is 1150. The van der Waals surface area contributed by atoms with Crippen LogP contribution in [-0.4, -0.2) is 27.7 Å². The Morgan fingerprint density at radius 2 is 1.67 bits per heavy atom. The van der Waals surface area contributed by atoms with Gasteiger partial charge in [-0.1, -0.05) is 31.4 Å². The summed E-state index contributed by atoms with van der Waals surface area (Å²) >= 11 is 0. The fourth-order valence-electron chi connectivity index (χ4n) is 5.22. The highest BCUT2D eigenvalue weighted by atomic mass is 16.5. The number of oxazole rings is 1. The standard InChI is InChI=1S/C25H27N3O2/c1-2-6-17(7-3-1)24-26-21-16-18(25-27-20-8-4-5-9-23(20)30-25)10-11-22(21)28(24)19-12-14-29-15-13-19/h4-5,8-11,16-17,19H,1-3,6-7,12-15H2. The lowest BCUT2D eigenvalue weighted by Crippen LogP contribution is -2.23. The number of rotatable bonds is 3. The van der Waals surface area contributed by atoms with Crippen molar-refractivity contribution in [3.8, 4) is 11.5 Å². The number of fused-ring (bicyclic) bond motifs is 2. The molecular weight excluding hydrogens is 374 g/mol. The van der Waals surface area contributed by atoms with E-state index in [4.69, 9.17) is 14.1 Å². The molecule has 0 bridgehead atoms. The van der Waals surface area contributed by atoms with Gasteiger partial charge in [-0.2, -0.15) is 0 Å². The zero-order valence-electron chi connectivity index (χ0n) is 17.2. The topological polar surface area (TPSA) is 53.1 Å². The van der Waals surface area contributed by atoms with Crippen LogP contribution in [-0.2, 0) is 4.74 Å². The molecule has 6 rings (SSSR count). The Morgan fingerprint density at radius 3 is 2.50 bits per heavy atom. The van der Waals surface area contributed by atoms with E-state index in [0.29, 0.717) is 17.9 Å². The number of para-hydroxylation sites is 2. The SMILES string of the molecule is c1ccc2oc(-c3ccc4c(c3)nc(C3CCCCC3)n4C3CCOCC3)nc2c1. The summed E-state index contributed by atoms with van der Waals surface area (Å²) in [4.78, 5) is 9.89. The maximum absolute atomic E-state index is 6.01. The van der Waals surface area contributed by atoms with Crippen molar-refractivity contribution in [2.24, 2.45) is 0 Å². The van der Waals surface area contributed by atoms with Gasteiger partial charge in [0.1, 0.15) is 11.3 Å². The largest absolute Gasteiger partial charge is 0.436 e. The molecule has 5 heteroatoms. The summed E-state index contributed by atoms with van der Waals surface area (Å²) in [5.74, 6) is 2.52. The number of hydrogen-bond acceptors (Lipinski definition) is 4. The molecule has 2 aromatic heterocycles. The van der Waals surface area contributed by atoms with Crippen LogP contribution >= 0.6 is 0 Å². The van der Waals surface area contributed by atoms with Crippen molar-refractivity contribution in [1.82, 2.24) is 14.5 Å². The van der Waals surface area contributed by atoms with Gasteiger partial charge in [0.15, 0.2) is 5.58 Å². The van der Waals surface area contributed by atoms with Gasteiger partial charge in [0.05, 0.1) is 11.0 Å². The Labute approximate surface area is 176 Å². The maximum atomic E-state index is 6.01. The molecular formula is C25H27N3O2. The molecule has 154 valence electrons. The van der Waals surface area contributed by atoms with Crippen molar-refractivity contribution >= 4 is 22.1 Å². The quantitative estimate of drug-likeness (QED) is 0.407. The molecule has 2 fully saturated rings. The van der Waals surface area contributed by atoms with Gasteiger partial charge in [-0.3, -0.25) is 0 Å². The van der Waals surface area contributed by atoms with Gasteiger partial charge < -0.3 is 13.7 Å². The van der Waals surface area contributed by atoms with Crippen molar-refractivity contribution in [1.29, 1.82) is 0 Å². The molecule has 2 aromatic carbocycles. The third-order valence-electron chi connectivity index (χ3n) is 6.78. The molecule has 4 aromatic rings. The summed E-state index contributed by atoms with van der Waals surface area (Å²) in [6.45, 7) is 1.69. The van der Waals surface area contributed by atoms with Gasteiger partial charge in [0, 0.05) is 30.7 Å². The second-order valence-corrected chi connectivity index (χ2v) is 8.71. The molecule has 0 spiro atoms. The smallest absolute Gasteiger partial charge is 0.227 e. The van der Waals surface area contributed by atoms with Crippen LogP contribution in [0.1, 0.15) is 62.7 Å². The molecule has 1 saturated carbocycles. The second kappa shape index (κ2) is 7.55. The molecule has 1 aliphatic heterocycles. The van der Waals surface area contributed by atoms with Crippen LogP contribution in [0.25, 0.3) is 33.6 Å². The van der Waals surface area contributed by atoms with Crippen molar-refractivity contribution < 1.29 is 9.15 Å². The first-order chi connectivity index (χ1) is 14.9. The first-order valence-corrected chi connectivity index (χ1v) is 11.3. The summed E-state index contributed by atoms with van der Waals surface area (Å²) < 4.78 is 14.2. The van der Waals surface area contributed by atoms with E-state index in [0.717, 1.165) is 48.2 Å². The van der Waals surface area contributed by atoms with E-state index in [1.165, 1.54) is 43.4 Å². The zero-order chi connectivity index (χ0) is 19.9. The summed E-state index contributed by atoms with van der Waals surface area (Å²) in [6.07, 6.45) is 8.63. The Balaban J connectivity index is 1.46. The van der Waals surface area contributed by atoms with Crippen molar-refractivity contribution in [2.45, 2.75) is 56.9 Å². The predicted molar refractivity (Wildman–Crippen MR) is 118 cm³/mol. The lowest BCUT2D eigenvalue weighted by molar-refractivity contribution is 0.0694. The molecule has 0 radical (unpaired) electrons. The Kier molecular flexibility index (Phi) is 4.56. The molecule has 1 aliphatic carbocycles. The number of aromatic nitrogens is 3. The van der Waals surface area contributed by atoms with Crippen molar-refractivity contribution in [3.05, 3.63) is 48.3 Å². The highest BCUT2D eigenvalue weighted by molar-refractivity contribution is 5.83. The Hall–Kier alpha value is -2.66. The van der Waals surface area contributed by atoms with Gasteiger partial charge in [-0.15, -0.1) is 0 Å². The van der Waals surface area contributed by atoms with E-state index in [2.05, 4.69) is 27.8 Å². The average Bonchev–Trinajstić information content (AvgIpc) is 3.41. The van der Waals surface area contributed by atoms with Crippen LogP contribution < -0.4 is 0 Å². The van der Waals surface area contributed by atoms with E-state index in [1.807, 2.05) is 24.3 Å². The van der Waals surface area contributed by atoms with Crippen LogP contribution in [0.2, 0.25) is 0 Å². The van der Waals surface area contributed by atoms with Crippen LogP contribution in [0.5, 0.6) is 0 Å². The fourth-order valence-corrected chi connectivity index (χ4v) is 5.22. The first-order valence-electron chi connectivity index (χ1n) is 11.3. The predicted octanol–water partition coefficient (Wildman–Crippen LogP) is 6.24. The number of benzene rings is 2. The van der Waals surface area contributed by atoms with Gasteiger partial charge >= 0.3 is 0 Å². The molecule has 1 saturated heterocycles.